The average Bonchev–Trinajstić information content (AvgIpc) is 2.82. The van der Waals surface area contributed by atoms with Crippen molar-refractivity contribution in [1.82, 2.24) is 4.98 Å². The minimum Gasteiger partial charge on any atom is -0.476 e. The molecule has 0 spiro atoms. The zero-order valence-electron chi connectivity index (χ0n) is 10.5. The van der Waals surface area contributed by atoms with Crippen LogP contribution in [0.5, 0.6) is 0 Å². The van der Waals surface area contributed by atoms with Crippen LogP contribution in [0.2, 0.25) is 0 Å². The molecule has 0 aliphatic rings. The summed E-state index contributed by atoms with van der Waals surface area (Å²) in [5.41, 5.74) is 1.84. The molecular formula is C13H13FN2O3. The first-order chi connectivity index (χ1) is 8.97. The molecule has 0 aliphatic carbocycles. The standard InChI is InChI=1S/C13H13FN2O3/c1-7-3-9(4-8(2)11(7)14)5-15-13-16-10(6-19-13)12(17)18/h3-4,6H,5H2,1-2H3,(H,15,16)(H,17,18). The van der Waals surface area contributed by atoms with Crippen molar-refractivity contribution in [3.8, 4) is 0 Å². The van der Waals surface area contributed by atoms with Crippen LogP contribution < -0.4 is 5.32 Å². The maximum Gasteiger partial charge on any atom is 0.357 e. The Labute approximate surface area is 109 Å². The molecule has 100 valence electrons. The van der Waals surface area contributed by atoms with Crippen molar-refractivity contribution in [3.05, 3.63) is 46.6 Å². The Morgan fingerprint density at radius 2 is 2.05 bits per heavy atom. The summed E-state index contributed by atoms with van der Waals surface area (Å²) < 4.78 is 18.4. The van der Waals surface area contributed by atoms with Gasteiger partial charge in [-0.05, 0) is 30.5 Å². The number of rotatable bonds is 4. The summed E-state index contributed by atoms with van der Waals surface area (Å²) in [5.74, 6) is -1.36. The van der Waals surface area contributed by atoms with Gasteiger partial charge in [-0.15, -0.1) is 0 Å². The molecule has 6 heteroatoms. The first-order valence-electron chi connectivity index (χ1n) is 5.65. The molecule has 1 aromatic heterocycles. The number of benzene rings is 1. The number of aromatic nitrogens is 1. The van der Waals surface area contributed by atoms with E-state index in [-0.39, 0.29) is 17.5 Å². The van der Waals surface area contributed by atoms with Crippen LogP contribution in [-0.2, 0) is 6.54 Å². The number of carbonyl (C=O) groups is 1. The van der Waals surface area contributed by atoms with E-state index in [9.17, 15) is 9.18 Å². The normalized spacial score (nSPS) is 10.5. The summed E-state index contributed by atoms with van der Waals surface area (Å²) in [6.07, 6.45) is 1.06. The van der Waals surface area contributed by atoms with Gasteiger partial charge >= 0.3 is 5.97 Å². The Bertz CT molecular complexity index is 599. The zero-order valence-corrected chi connectivity index (χ0v) is 10.5. The summed E-state index contributed by atoms with van der Waals surface area (Å²) in [6.45, 7) is 3.76. The van der Waals surface area contributed by atoms with E-state index in [0.717, 1.165) is 11.8 Å². The highest BCUT2D eigenvalue weighted by Crippen LogP contribution is 2.16. The molecule has 5 nitrogen and oxygen atoms in total. The van der Waals surface area contributed by atoms with Gasteiger partial charge in [-0.2, -0.15) is 4.98 Å². The summed E-state index contributed by atoms with van der Waals surface area (Å²) in [7, 11) is 0. The molecule has 2 N–H and O–H groups in total. The lowest BCUT2D eigenvalue weighted by molar-refractivity contribution is 0.0690. The van der Waals surface area contributed by atoms with E-state index in [1.54, 1.807) is 26.0 Å². The van der Waals surface area contributed by atoms with Crippen LogP contribution in [0.15, 0.2) is 22.8 Å². The van der Waals surface area contributed by atoms with E-state index < -0.39 is 5.97 Å². The molecule has 0 fully saturated rings. The Hall–Kier alpha value is -2.37. The van der Waals surface area contributed by atoms with Gasteiger partial charge in [-0.3, -0.25) is 0 Å². The molecular weight excluding hydrogens is 251 g/mol. The van der Waals surface area contributed by atoms with Crippen LogP contribution in [0.25, 0.3) is 0 Å². The van der Waals surface area contributed by atoms with Gasteiger partial charge in [0.1, 0.15) is 12.1 Å². The number of nitrogens with zero attached hydrogens (tertiary/aromatic N) is 1. The van der Waals surface area contributed by atoms with E-state index in [2.05, 4.69) is 10.3 Å². The third-order valence-electron chi connectivity index (χ3n) is 2.66. The number of carboxylic acid groups (broad SMARTS) is 1. The average molecular weight is 264 g/mol. The van der Waals surface area contributed by atoms with Gasteiger partial charge in [-0.25, -0.2) is 9.18 Å². The van der Waals surface area contributed by atoms with Crippen molar-refractivity contribution in [1.29, 1.82) is 0 Å². The Morgan fingerprint density at radius 1 is 1.42 bits per heavy atom. The Kier molecular flexibility index (Phi) is 3.50. The number of hydrogen-bond donors (Lipinski definition) is 2. The van der Waals surface area contributed by atoms with Crippen LogP contribution >= 0.6 is 0 Å². The topological polar surface area (TPSA) is 75.4 Å². The van der Waals surface area contributed by atoms with Gasteiger partial charge < -0.3 is 14.8 Å². The van der Waals surface area contributed by atoms with Crippen LogP contribution in [0, 0.1) is 19.7 Å². The predicted octanol–water partition coefficient (Wildman–Crippen LogP) is 2.74. The van der Waals surface area contributed by atoms with Gasteiger partial charge in [-0.1, -0.05) is 12.1 Å². The molecule has 2 aromatic rings. The van der Waals surface area contributed by atoms with E-state index in [1.807, 2.05) is 0 Å². The van der Waals surface area contributed by atoms with Crippen molar-refractivity contribution in [2.24, 2.45) is 0 Å². The van der Waals surface area contributed by atoms with E-state index in [0.29, 0.717) is 17.7 Å². The fraction of sp³-hybridized carbons (Fsp3) is 0.231. The van der Waals surface area contributed by atoms with Crippen molar-refractivity contribution < 1.29 is 18.7 Å². The second-order valence-corrected chi connectivity index (χ2v) is 4.24. The van der Waals surface area contributed by atoms with E-state index >= 15 is 0 Å². The maximum absolute atomic E-state index is 13.4. The number of halogens is 1. The molecule has 1 heterocycles. The Morgan fingerprint density at radius 3 is 2.58 bits per heavy atom. The molecule has 0 aliphatic heterocycles. The molecule has 0 unspecified atom stereocenters. The minimum atomic E-state index is -1.15. The quantitative estimate of drug-likeness (QED) is 0.888. The number of anilines is 1. The van der Waals surface area contributed by atoms with Crippen molar-refractivity contribution in [3.63, 3.8) is 0 Å². The summed E-state index contributed by atoms with van der Waals surface area (Å²) >= 11 is 0. The lowest BCUT2D eigenvalue weighted by Crippen LogP contribution is -2.03. The number of carboxylic acids is 1. The minimum absolute atomic E-state index is 0.122. The molecule has 0 atom stereocenters. The molecule has 0 bridgehead atoms. The highest BCUT2D eigenvalue weighted by Gasteiger charge is 2.10. The number of nitrogens with one attached hydrogen (secondary N) is 1. The molecule has 1 aromatic carbocycles. The molecule has 0 saturated carbocycles. The van der Waals surface area contributed by atoms with Gasteiger partial charge in [0.05, 0.1) is 0 Å². The van der Waals surface area contributed by atoms with Crippen LogP contribution in [0.1, 0.15) is 27.2 Å². The van der Waals surface area contributed by atoms with Crippen LogP contribution in [0.4, 0.5) is 10.4 Å². The smallest absolute Gasteiger partial charge is 0.357 e. The zero-order chi connectivity index (χ0) is 14.0. The third kappa shape index (κ3) is 2.90. The molecule has 0 saturated heterocycles. The van der Waals surface area contributed by atoms with E-state index in [4.69, 9.17) is 9.52 Å². The maximum atomic E-state index is 13.4. The fourth-order valence-electron chi connectivity index (χ4n) is 1.77. The SMILES string of the molecule is Cc1cc(CNc2nc(C(=O)O)co2)cc(C)c1F. The van der Waals surface area contributed by atoms with Gasteiger partial charge in [0.15, 0.2) is 5.69 Å². The van der Waals surface area contributed by atoms with Crippen LogP contribution in [-0.4, -0.2) is 16.1 Å². The Balaban J connectivity index is 2.08. The van der Waals surface area contributed by atoms with Gasteiger partial charge in [0.2, 0.25) is 0 Å². The predicted molar refractivity (Wildman–Crippen MR) is 66.7 cm³/mol. The number of aromatic carboxylic acids is 1. The van der Waals surface area contributed by atoms with Gasteiger partial charge in [0, 0.05) is 6.54 Å². The lowest BCUT2D eigenvalue weighted by atomic mass is 10.1. The second-order valence-electron chi connectivity index (χ2n) is 4.24. The van der Waals surface area contributed by atoms with Crippen molar-refractivity contribution in [2.75, 3.05) is 5.32 Å². The lowest BCUT2D eigenvalue weighted by Gasteiger charge is -2.07. The second kappa shape index (κ2) is 5.09. The largest absolute Gasteiger partial charge is 0.476 e. The molecule has 0 amide bonds. The summed E-state index contributed by atoms with van der Waals surface area (Å²) in [4.78, 5) is 14.4. The van der Waals surface area contributed by atoms with Crippen LogP contribution in [0.3, 0.4) is 0 Å². The highest BCUT2D eigenvalue weighted by molar-refractivity contribution is 5.85. The monoisotopic (exact) mass is 264 g/mol. The van der Waals surface area contributed by atoms with E-state index in [1.165, 1.54) is 0 Å². The first kappa shape index (κ1) is 13.1. The number of hydrogen-bond acceptors (Lipinski definition) is 4. The summed E-state index contributed by atoms with van der Waals surface area (Å²) in [5, 5.41) is 11.5. The number of oxazole rings is 1. The van der Waals surface area contributed by atoms with Gasteiger partial charge in [0.25, 0.3) is 6.01 Å². The molecule has 0 radical (unpaired) electrons. The number of aryl methyl sites for hydroxylation is 2. The third-order valence-corrected chi connectivity index (χ3v) is 2.66. The first-order valence-corrected chi connectivity index (χ1v) is 5.65. The highest BCUT2D eigenvalue weighted by atomic mass is 19.1. The summed E-state index contributed by atoms with van der Waals surface area (Å²) in [6, 6.07) is 3.56. The van der Waals surface area contributed by atoms with Crippen molar-refractivity contribution in [2.45, 2.75) is 20.4 Å². The molecule has 19 heavy (non-hydrogen) atoms. The fourth-order valence-corrected chi connectivity index (χ4v) is 1.77. The molecule has 2 rings (SSSR count). The van der Waals surface area contributed by atoms with Crippen molar-refractivity contribution >= 4 is 12.0 Å².